The van der Waals surface area contributed by atoms with Crippen molar-refractivity contribution in [1.29, 1.82) is 5.26 Å². The number of carbonyl (C=O) groups excluding carboxylic acids is 4. The topological polar surface area (TPSA) is 140 Å². The minimum atomic E-state index is -1.53. The molecular formula is C14H14N3NaO6S2. The van der Waals surface area contributed by atoms with Crippen LogP contribution in [0, 0.1) is 11.3 Å². The maximum Gasteiger partial charge on any atom is 1.00 e. The standard InChI is InChI=1S/C14H15N3O6S2.Na/c1-7(18)23-4-8-5-25-13-10(16-9(19)6-24-3-2-15)12(20)17(13)11(8)14(21)22;/h10,13H,3-6H2,1H3,(H,16,19)(H,21,22);/q;+1/p-1/t10-,13-;/m1./s1. The number of esters is 1. The van der Waals surface area contributed by atoms with Gasteiger partial charge in [-0.25, -0.2) is 0 Å². The van der Waals surface area contributed by atoms with Crippen LogP contribution in [-0.2, 0) is 23.9 Å². The molecule has 1 N–H and O–H groups in total. The first-order chi connectivity index (χ1) is 11.9. The number of hydrogen-bond donors (Lipinski definition) is 1. The van der Waals surface area contributed by atoms with Crippen LogP contribution in [0.5, 0.6) is 0 Å². The number of aliphatic carboxylic acids is 1. The molecule has 9 nitrogen and oxygen atoms in total. The minimum absolute atomic E-state index is 0. The van der Waals surface area contributed by atoms with Gasteiger partial charge in [-0.3, -0.25) is 19.3 Å². The van der Waals surface area contributed by atoms with E-state index >= 15 is 0 Å². The molecule has 134 valence electrons. The number of carboxylic acids is 1. The van der Waals surface area contributed by atoms with Crippen LogP contribution in [-0.4, -0.2) is 63.9 Å². The number of β-lactam (4-membered cyclic amide) rings is 1. The van der Waals surface area contributed by atoms with Crippen molar-refractivity contribution in [3.63, 3.8) is 0 Å². The quantitative estimate of drug-likeness (QED) is 0.191. The summed E-state index contributed by atoms with van der Waals surface area (Å²) in [5.41, 5.74) is -0.0292. The van der Waals surface area contributed by atoms with Crippen LogP contribution in [0.25, 0.3) is 0 Å². The summed E-state index contributed by atoms with van der Waals surface area (Å²) in [5, 5.41) is 21.8. The van der Waals surface area contributed by atoms with Crippen LogP contribution in [0.1, 0.15) is 6.92 Å². The molecular weight excluding hydrogens is 393 g/mol. The van der Waals surface area contributed by atoms with E-state index in [2.05, 4.69) is 5.32 Å². The van der Waals surface area contributed by atoms with Gasteiger partial charge in [0.25, 0.3) is 5.91 Å². The van der Waals surface area contributed by atoms with E-state index in [0.717, 1.165) is 16.7 Å². The summed E-state index contributed by atoms with van der Waals surface area (Å²) >= 11 is 2.38. The van der Waals surface area contributed by atoms with Crippen LogP contribution in [0.3, 0.4) is 0 Å². The van der Waals surface area contributed by atoms with Crippen LogP contribution in [0.15, 0.2) is 11.3 Å². The van der Waals surface area contributed by atoms with E-state index in [1.165, 1.54) is 18.7 Å². The fourth-order valence-electron chi connectivity index (χ4n) is 2.38. The normalized spacial score (nSPS) is 20.9. The van der Waals surface area contributed by atoms with Gasteiger partial charge in [0.05, 0.1) is 29.2 Å². The summed E-state index contributed by atoms with van der Waals surface area (Å²) in [6, 6.07) is 1.06. The molecule has 12 heteroatoms. The third-order valence-electron chi connectivity index (χ3n) is 3.41. The number of fused-ring (bicyclic) bond motifs is 1. The van der Waals surface area contributed by atoms with Crippen molar-refractivity contribution >= 4 is 47.3 Å². The van der Waals surface area contributed by atoms with Crippen LogP contribution >= 0.6 is 23.5 Å². The van der Waals surface area contributed by atoms with E-state index in [1.807, 2.05) is 6.07 Å². The molecule has 0 aromatic carbocycles. The van der Waals surface area contributed by atoms with E-state index in [-0.39, 0.29) is 64.7 Å². The van der Waals surface area contributed by atoms with Crippen molar-refractivity contribution in [3.05, 3.63) is 11.3 Å². The molecule has 0 unspecified atom stereocenters. The molecule has 2 atom stereocenters. The van der Waals surface area contributed by atoms with Gasteiger partial charge < -0.3 is 20.0 Å². The Kier molecular flexibility index (Phi) is 8.99. The third kappa shape index (κ3) is 5.17. The number of rotatable bonds is 7. The monoisotopic (exact) mass is 407 g/mol. The number of nitrogens with one attached hydrogen (secondary N) is 1. The van der Waals surface area contributed by atoms with Gasteiger partial charge >= 0.3 is 35.5 Å². The van der Waals surface area contributed by atoms with E-state index in [1.54, 1.807) is 0 Å². The summed E-state index contributed by atoms with van der Waals surface area (Å²) in [6.45, 7) is 0.965. The van der Waals surface area contributed by atoms with E-state index in [4.69, 9.17) is 10.00 Å². The molecule has 2 rings (SSSR count). The molecule has 0 radical (unpaired) electrons. The molecule has 2 heterocycles. The largest absolute Gasteiger partial charge is 1.00 e. The van der Waals surface area contributed by atoms with E-state index in [0.29, 0.717) is 0 Å². The number of carboxylic acid groups (broad SMARTS) is 1. The number of carbonyl (C=O) groups is 4. The summed E-state index contributed by atoms with van der Waals surface area (Å²) in [5.74, 6) is -2.62. The third-order valence-corrected chi connectivity index (χ3v) is 5.55. The average molecular weight is 407 g/mol. The van der Waals surface area contributed by atoms with Gasteiger partial charge in [0, 0.05) is 18.2 Å². The Morgan fingerprint density at radius 1 is 1.50 bits per heavy atom. The van der Waals surface area contributed by atoms with E-state index < -0.39 is 35.2 Å². The average Bonchev–Trinajstić information content (AvgIpc) is 2.56. The van der Waals surface area contributed by atoms with Gasteiger partial charge in [-0.2, -0.15) is 5.26 Å². The summed E-state index contributed by atoms with van der Waals surface area (Å²) < 4.78 is 4.81. The molecule has 1 saturated heterocycles. The molecule has 2 amide bonds. The number of ether oxygens (including phenoxy) is 1. The Morgan fingerprint density at radius 3 is 2.77 bits per heavy atom. The number of thioether (sulfide) groups is 2. The Hall–Kier alpha value is -1.19. The summed E-state index contributed by atoms with van der Waals surface area (Å²) in [6.07, 6.45) is 0. The number of nitriles is 1. The Labute approximate surface area is 180 Å². The molecule has 0 bridgehead atoms. The second-order valence-electron chi connectivity index (χ2n) is 5.13. The van der Waals surface area contributed by atoms with E-state index in [9.17, 15) is 24.3 Å². The van der Waals surface area contributed by atoms with Crippen molar-refractivity contribution < 1.29 is 58.6 Å². The summed E-state index contributed by atoms with van der Waals surface area (Å²) in [7, 11) is 0. The Balaban J connectivity index is 0.00000338. The van der Waals surface area contributed by atoms with Crippen molar-refractivity contribution in [2.24, 2.45) is 0 Å². The van der Waals surface area contributed by atoms with Gasteiger partial charge in [-0.1, -0.05) is 0 Å². The molecule has 0 saturated carbocycles. The molecule has 0 spiro atoms. The smallest absolute Gasteiger partial charge is 0.543 e. The second kappa shape index (κ2) is 10.2. The SMILES string of the molecule is CC(=O)OCC1=C(C(=O)[O-])N2C(=O)[C@@H](NC(=O)CSCC#N)[C@H]2SC1.[Na+]. The van der Waals surface area contributed by atoms with Gasteiger partial charge in [0.1, 0.15) is 18.0 Å². The minimum Gasteiger partial charge on any atom is -0.543 e. The zero-order chi connectivity index (χ0) is 18.6. The first-order valence-electron chi connectivity index (χ1n) is 7.12. The maximum atomic E-state index is 12.3. The molecule has 0 aromatic heterocycles. The molecule has 2 aliphatic rings. The molecule has 0 aromatic rings. The maximum absolute atomic E-state index is 12.3. The van der Waals surface area contributed by atoms with Crippen LogP contribution < -0.4 is 40.0 Å². The van der Waals surface area contributed by atoms with Gasteiger partial charge in [-0.15, -0.1) is 23.5 Å². The van der Waals surface area contributed by atoms with Gasteiger partial charge in [0.15, 0.2) is 0 Å². The van der Waals surface area contributed by atoms with Gasteiger partial charge in [-0.05, 0) is 0 Å². The number of hydrogen-bond acceptors (Lipinski definition) is 9. The fraction of sp³-hybridized carbons (Fsp3) is 0.500. The molecule has 26 heavy (non-hydrogen) atoms. The predicted octanol–water partition coefficient (Wildman–Crippen LogP) is -4.79. The predicted molar refractivity (Wildman–Crippen MR) is 86.6 cm³/mol. The van der Waals surface area contributed by atoms with Gasteiger partial charge in [0.2, 0.25) is 5.91 Å². The van der Waals surface area contributed by atoms with Crippen LogP contribution in [0.4, 0.5) is 0 Å². The first kappa shape index (κ1) is 22.9. The zero-order valence-corrected chi connectivity index (χ0v) is 17.8. The fourth-order valence-corrected chi connectivity index (χ4v) is 4.17. The first-order valence-corrected chi connectivity index (χ1v) is 9.32. The molecule has 2 aliphatic heterocycles. The van der Waals surface area contributed by atoms with Crippen molar-refractivity contribution in [3.8, 4) is 6.07 Å². The number of amides is 2. The van der Waals surface area contributed by atoms with Crippen molar-refractivity contribution in [1.82, 2.24) is 10.2 Å². The molecule has 0 aliphatic carbocycles. The zero-order valence-electron chi connectivity index (χ0n) is 14.1. The van der Waals surface area contributed by atoms with Crippen LogP contribution in [0.2, 0.25) is 0 Å². The van der Waals surface area contributed by atoms with Crippen molar-refractivity contribution in [2.75, 3.05) is 23.9 Å². The summed E-state index contributed by atoms with van der Waals surface area (Å²) in [4.78, 5) is 47.4. The van der Waals surface area contributed by atoms with Crippen molar-refractivity contribution in [2.45, 2.75) is 18.3 Å². The molecule has 1 fully saturated rings. The Morgan fingerprint density at radius 2 is 2.19 bits per heavy atom. The number of nitrogens with zero attached hydrogens (tertiary/aromatic N) is 2. The Bertz CT molecular complexity index is 693. The second-order valence-corrected chi connectivity index (χ2v) is 7.22.